The van der Waals surface area contributed by atoms with Gasteiger partial charge >= 0.3 is 0 Å². The predicted octanol–water partition coefficient (Wildman–Crippen LogP) is 22.1. The van der Waals surface area contributed by atoms with Gasteiger partial charge in [0, 0.05) is 92.4 Å². The lowest BCUT2D eigenvalue weighted by atomic mass is 9.86. The number of phenols is 4. The lowest BCUT2D eigenvalue weighted by Crippen LogP contribution is -2.33. The minimum Gasteiger partial charge on any atom is -0.508 e. The summed E-state index contributed by atoms with van der Waals surface area (Å²) in [5.74, 6) is 13.5. The quantitative estimate of drug-likeness (QED) is 0.0526. The minimum absolute atomic E-state index is 0.120. The molecule has 8 aromatic rings. The van der Waals surface area contributed by atoms with Gasteiger partial charge in [0.15, 0.2) is 0 Å². The van der Waals surface area contributed by atoms with Crippen LogP contribution in [0.2, 0.25) is 0 Å². The van der Waals surface area contributed by atoms with E-state index in [4.69, 9.17) is 56.8 Å². The standard InChI is InChI=1S/2C25H32O4.2C24H30O4/c2*1-16(2)10-12-27-19-6-7-20(22(26)14-19)18-13-17-5-8-23-21(24(17)28-15-18)9-11-25(3,4)29-23;2*1-4-5-12-26-18-7-8-19(21(25)14-18)17-13-16-6-9-22-20(23(16)27-15-17)10-11-24(2,3)28-22/h2*5-8,14,16,18,26H,9-13,15H2,1-4H3;2*6-9,14,17,25H,4-5,10-13,15H2,1-3H3/t2*18-;2*17-/m1010/s1. The first-order valence-corrected chi connectivity index (χ1v) is 42.3. The topological polar surface area (TPSA) is 192 Å². The van der Waals surface area contributed by atoms with Crippen molar-refractivity contribution in [2.75, 3.05) is 52.9 Å². The normalized spacial score (nSPS) is 19.7. The molecular formula is C98H124O16. The maximum absolute atomic E-state index is 10.6. The summed E-state index contributed by atoms with van der Waals surface area (Å²) in [4.78, 5) is 0. The SMILES string of the molecule is CC(C)CCOc1ccc([C@@H]2COc3c(ccc4c3CCC(C)(C)O4)C2)c(O)c1.CC(C)CCOc1ccc([C@H]2COc3c(ccc4c3CCC(C)(C)O4)C2)c(O)c1.CCCCOc1ccc([C@@H]2COc3c(ccc4c3CCC(C)(C)O4)C2)c(O)c1.CCCCOc1ccc([C@H]2COc3c(ccc4c3CCC(C)(C)O4)C2)c(O)c1. The molecule has 0 amide bonds. The van der Waals surface area contributed by atoms with Crippen LogP contribution in [0.25, 0.3) is 0 Å². The Labute approximate surface area is 677 Å². The molecule has 8 aliphatic rings. The fourth-order valence-electron chi connectivity index (χ4n) is 16.6. The molecule has 16 heteroatoms. The summed E-state index contributed by atoms with van der Waals surface area (Å²) in [6.45, 7) is 35.0. The molecule has 8 aromatic carbocycles. The number of hydrogen-bond acceptors (Lipinski definition) is 16. The minimum atomic E-state index is -0.122. The van der Waals surface area contributed by atoms with Crippen molar-refractivity contribution < 1.29 is 77.3 Å². The summed E-state index contributed by atoms with van der Waals surface area (Å²) in [6.07, 6.45) is 17.5. The smallest absolute Gasteiger partial charge is 0.129 e. The average Bonchev–Trinajstić information content (AvgIpc) is 0.782. The van der Waals surface area contributed by atoms with E-state index in [2.05, 4.69) is 145 Å². The van der Waals surface area contributed by atoms with Crippen LogP contribution in [0, 0.1) is 11.8 Å². The number of aromatic hydroxyl groups is 4. The van der Waals surface area contributed by atoms with Gasteiger partial charge in [0.05, 0.1) is 52.9 Å². The zero-order chi connectivity index (χ0) is 80.6. The largest absolute Gasteiger partial charge is 0.508 e. The molecule has 0 bridgehead atoms. The first kappa shape index (κ1) is 82.5. The monoisotopic (exact) mass is 1560 g/mol. The molecule has 0 saturated carbocycles. The highest BCUT2D eigenvalue weighted by molar-refractivity contribution is 5.59. The molecular weight excluding hydrogens is 1430 g/mol. The van der Waals surface area contributed by atoms with Gasteiger partial charge in [-0.2, -0.15) is 0 Å². The van der Waals surface area contributed by atoms with E-state index in [-0.39, 0.29) is 69.1 Å². The van der Waals surface area contributed by atoms with Crippen molar-refractivity contribution in [1.29, 1.82) is 0 Å². The molecule has 8 heterocycles. The fraction of sp³-hybridized carbons (Fsp3) is 0.510. The van der Waals surface area contributed by atoms with Crippen LogP contribution in [0.3, 0.4) is 0 Å². The Morgan fingerprint density at radius 2 is 0.570 bits per heavy atom. The molecule has 114 heavy (non-hydrogen) atoms. The summed E-state index contributed by atoms with van der Waals surface area (Å²) in [6, 6.07) is 39.4. The fourth-order valence-corrected chi connectivity index (χ4v) is 16.6. The second kappa shape index (κ2) is 35.7. The average molecular weight is 1560 g/mol. The Bertz CT molecular complexity index is 4350. The molecule has 16 nitrogen and oxygen atoms in total. The number of rotatable bonds is 20. The summed E-state index contributed by atoms with van der Waals surface area (Å²) in [5, 5.41) is 42.3. The van der Waals surface area contributed by atoms with E-state index < -0.39 is 0 Å². The van der Waals surface area contributed by atoms with Crippen molar-refractivity contribution >= 4 is 0 Å². The van der Waals surface area contributed by atoms with E-state index in [0.717, 1.165) is 207 Å². The number of ether oxygens (including phenoxy) is 12. The third-order valence-electron chi connectivity index (χ3n) is 23.5. The van der Waals surface area contributed by atoms with Gasteiger partial charge in [0.2, 0.25) is 0 Å². The first-order chi connectivity index (χ1) is 54.6. The second-order valence-corrected chi connectivity index (χ2v) is 35.8. The van der Waals surface area contributed by atoms with Gasteiger partial charge in [0.1, 0.15) is 114 Å². The molecule has 0 saturated heterocycles. The molecule has 4 atom stereocenters. The van der Waals surface area contributed by atoms with Crippen molar-refractivity contribution in [2.24, 2.45) is 11.8 Å². The van der Waals surface area contributed by atoms with Crippen LogP contribution in [0.4, 0.5) is 0 Å². The molecule has 8 aliphatic heterocycles. The van der Waals surface area contributed by atoms with Crippen LogP contribution in [0.15, 0.2) is 121 Å². The molecule has 4 N–H and O–H groups in total. The van der Waals surface area contributed by atoms with Crippen LogP contribution < -0.4 is 56.8 Å². The number of benzene rings is 8. The van der Waals surface area contributed by atoms with Crippen molar-refractivity contribution in [3.63, 3.8) is 0 Å². The summed E-state index contributed by atoms with van der Waals surface area (Å²) in [7, 11) is 0. The van der Waals surface area contributed by atoms with E-state index in [1.54, 1.807) is 24.3 Å². The van der Waals surface area contributed by atoms with E-state index in [9.17, 15) is 20.4 Å². The Morgan fingerprint density at radius 1 is 0.333 bits per heavy atom. The molecule has 16 rings (SSSR count). The van der Waals surface area contributed by atoms with Gasteiger partial charge < -0.3 is 77.3 Å². The second-order valence-electron chi connectivity index (χ2n) is 35.8. The van der Waals surface area contributed by atoms with Crippen LogP contribution in [0.5, 0.6) is 92.0 Å². The van der Waals surface area contributed by atoms with Gasteiger partial charge in [-0.3, -0.25) is 0 Å². The van der Waals surface area contributed by atoms with Gasteiger partial charge in [0.25, 0.3) is 0 Å². The van der Waals surface area contributed by atoms with Crippen molar-refractivity contribution in [3.8, 4) is 92.0 Å². The molecule has 0 aromatic heterocycles. The maximum atomic E-state index is 10.6. The third kappa shape index (κ3) is 20.2. The maximum Gasteiger partial charge on any atom is 0.129 e. The van der Waals surface area contributed by atoms with Crippen molar-refractivity contribution in [1.82, 2.24) is 0 Å². The van der Waals surface area contributed by atoms with Gasteiger partial charge in [-0.05, 0) is 241 Å². The van der Waals surface area contributed by atoms with Crippen molar-refractivity contribution in [2.45, 2.75) is 259 Å². The highest BCUT2D eigenvalue weighted by atomic mass is 16.5. The molecule has 0 fully saturated rings. The van der Waals surface area contributed by atoms with E-state index in [0.29, 0.717) is 64.7 Å². The molecule has 0 radical (unpaired) electrons. The Morgan fingerprint density at radius 3 is 0.789 bits per heavy atom. The number of unbranched alkanes of at least 4 members (excludes halogenated alkanes) is 2. The van der Waals surface area contributed by atoms with Gasteiger partial charge in [-0.1, -0.05) is 103 Å². The van der Waals surface area contributed by atoms with E-state index >= 15 is 0 Å². The van der Waals surface area contributed by atoms with Gasteiger partial charge in [-0.15, -0.1) is 0 Å². The lowest BCUT2D eigenvalue weighted by Gasteiger charge is -2.35. The number of fused-ring (bicyclic) bond motifs is 12. The molecule has 0 spiro atoms. The Balaban J connectivity index is 0.000000133. The highest BCUT2D eigenvalue weighted by Gasteiger charge is 2.38. The summed E-state index contributed by atoms with van der Waals surface area (Å²) in [5.41, 5.74) is 12.7. The zero-order valence-corrected chi connectivity index (χ0v) is 70.1. The summed E-state index contributed by atoms with van der Waals surface area (Å²) < 4.78 is 72.3. The number of hydrogen-bond donors (Lipinski definition) is 4. The molecule has 0 aliphatic carbocycles. The Hall–Kier alpha value is -9.44. The molecule has 0 unspecified atom stereocenters. The third-order valence-corrected chi connectivity index (χ3v) is 23.5. The van der Waals surface area contributed by atoms with E-state index in [1.165, 1.54) is 44.5 Å². The van der Waals surface area contributed by atoms with Gasteiger partial charge in [-0.25, -0.2) is 0 Å². The zero-order valence-electron chi connectivity index (χ0n) is 70.1. The first-order valence-electron chi connectivity index (χ1n) is 42.3. The van der Waals surface area contributed by atoms with E-state index in [1.807, 2.05) is 48.5 Å². The van der Waals surface area contributed by atoms with Crippen LogP contribution >= 0.6 is 0 Å². The Kier molecular flexibility index (Phi) is 25.9. The van der Waals surface area contributed by atoms with Crippen LogP contribution in [0.1, 0.15) is 252 Å². The van der Waals surface area contributed by atoms with Crippen LogP contribution in [-0.2, 0) is 51.4 Å². The van der Waals surface area contributed by atoms with Crippen molar-refractivity contribution in [3.05, 3.63) is 188 Å². The lowest BCUT2D eigenvalue weighted by molar-refractivity contribution is 0.0822. The predicted molar refractivity (Wildman–Crippen MR) is 449 cm³/mol. The number of phenolic OH excluding ortho intramolecular Hbond substituents is 4. The summed E-state index contributed by atoms with van der Waals surface area (Å²) >= 11 is 0. The molecule has 612 valence electrons. The van der Waals surface area contributed by atoms with Crippen LogP contribution in [-0.4, -0.2) is 95.7 Å². The highest BCUT2D eigenvalue weighted by Crippen LogP contribution is 2.51.